The number of nitrogens with one attached hydrogen (secondary N) is 1. The Bertz CT molecular complexity index is 423. The van der Waals surface area contributed by atoms with Crippen LogP contribution in [0.5, 0.6) is 0 Å². The van der Waals surface area contributed by atoms with E-state index in [0.29, 0.717) is 5.02 Å². The molecule has 1 aliphatic heterocycles. The topological polar surface area (TPSA) is 49.4 Å². The lowest BCUT2D eigenvalue weighted by molar-refractivity contribution is -0.130. The Balaban J connectivity index is 2.36. The van der Waals surface area contributed by atoms with Gasteiger partial charge in [0, 0.05) is 0 Å². The van der Waals surface area contributed by atoms with Gasteiger partial charge in [-0.3, -0.25) is 14.9 Å². The number of piperazine rings is 1. The molecule has 0 radical (unpaired) electrons. The van der Waals surface area contributed by atoms with Crippen molar-refractivity contribution in [3.8, 4) is 0 Å². The Hall–Kier alpha value is -1.55. The zero-order valence-corrected chi connectivity index (χ0v) is 9.54. The summed E-state index contributed by atoms with van der Waals surface area (Å²) in [6, 6.07) is 5.49. The van der Waals surface area contributed by atoms with Gasteiger partial charge in [0.15, 0.2) is 0 Å². The number of carbonyl (C=O) groups excluding carboxylic acids is 2. The average Bonchev–Trinajstić information content (AvgIpc) is 2.15. The van der Waals surface area contributed by atoms with E-state index in [0.717, 1.165) is 11.3 Å². The molecule has 2 amide bonds. The maximum absolute atomic E-state index is 11.3. The number of carbonyl (C=O) groups is 2. The zero-order valence-electron chi connectivity index (χ0n) is 8.79. The molecule has 2 rings (SSSR count). The van der Waals surface area contributed by atoms with Gasteiger partial charge in [-0.2, -0.15) is 0 Å². The van der Waals surface area contributed by atoms with Crippen LogP contribution >= 0.6 is 11.6 Å². The molecule has 1 fully saturated rings. The number of aryl methyl sites for hydroxylation is 1. The molecule has 1 aromatic carbocycles. The normalized spacial score (nSPS) is 16.2. The van der Waals surface area contributed by atoms with E-state index < -0.39 is 0 Å². The van der Waals surface area contributed by atoms with Gasteiger partial charge in [-0.25, -0.2) is 0 Å². The molecule has 0 aliphatic carbocycles. The van der Waals surface area contributed by atoms with Crippen LogP contribution in [-0.4, -0.2) is 24.9 Å². The first-order chi connectivity index (χ1) is 7.58. The van der Waals surface area contributed by atoms with Crippen molar-refractivity contribution in [2.75, 3.05) is 18.0 Å². The summed E-state index contributed by atoms with van der Waals surface area (Å²) in [5, 5.41) is 2.81. The lowest BCUT2D eigenvalue weighted by Crippen LogP contribution is -2.51. The van der Waals surface area contributed by atoms with Crippen LogP contribution in [-0.2, 0) is 9.59 Å². The molecule has 1 aromatic rings. The monoisotopic (exact) mass is 238 g/mol. The van der Waals surface area contributed by atoms with Crippen LogP contribution in [0.25, 0.3) is 0 Å². The highest BCUT2D eigenvalue weighted by molar-refractivity contribution is 6.33. The predicted octanol–water partition coefficient (Wildman–Crippen LogP) is 1.11. The van der Waals surface area contributed by atoms with Gasteiger partial charge in [0.25, 0.3) is 0 Å². The number of para-hydroxylation sites is 1. The zero-order chi connectivity index (χ0) is 11.7. The Morgan fingerprint density at radius 3 is 2.44 bits per heavy atom. The average molecular weight is 239 g/mol. The van der Waals surface area contributed by atoms with Gasteiger partial charge in [0.1, 0.15) is 0 Å². The number of rotatable bonds is 1. The molecule has 5 heteroatoms. The second kappa shape index (κ2) is 4.14. The van der Waals surface area contributed by atoms with Crippen LogP contribution in [0.15, 0.2) is 18.2 Å². The van der Waals surface area contributed by atoms with Crippen LogP contribution in [0.3, 0.4) is 0 Å². The van der Waals surface area contributed by atoms with E-state index in [1.807, 2.05) is 19.1 Å². The molecule has 1 saturated heterocycles. The summed E-state index contributed by atoms with van der Waals surface area (Å²) < 4.78 is 0. The van der Waals surface area contributed by atoms with Gasteiger partial charge in [0.2, 0.25) is 11.8 Å². The molecule has 1 aliphatic rings. The number of anilines is 1. The number of halogens is 1. The maximum atomic E-state index is 11.3. The second-order valence-corrected chi connectivity index (χ2v) is 4.14. The number of hydrogen-bond donors (Lipinski definition) is 1. The first-order valence-electron chi connectivity index (χ1n) is 4.90. The lowest BCUT2D eigenvalue weighted by atomic mass is 10.1. The lowest BCUT2D eigenvalue weighted by Gasteiger charge is -2.29. The van der Waals surface area contributed by atoms with Gasteiger partial charge in [-0.15, -0.1) is 0 Å². The van der Waals surface area contributed by atoms with Gasteiger partial charge < -0.3 is 4.90 Å². The van der Waals surface area contributed by atoms with Crippen LogP contribution in [0.2, 0.25) is 5.02 Å². The van der Waals surface area contributed by atoms with Crippen molar-refractivity contribution in [1.82, 2.24) is 5.32 Å². The van der Waals surface area contributed by atoms with Crippen molar-refractivity contribution in [3.63, 3.8) is 0 Å². The largest absolute Gasteiger partial charge is 0.351 e. The van der Waals surface area contributed by atoms with Crippen molar-refractivity contribution in [1.29, 1.82) is 0 Å². The third-order valence-corrected chi connectivity index (χ3v) is 2.76. The standard InChI is InChI=1S/C11H11ClN2O2/c1-7-3-2-4-8(12)11(7)14-5-9(15)13-10(16)6-14/h2-4H,5-6H2,1H3,(H,13,15,16). The molecule has 84 valence electrons. The Labute approximate surface area is 98.2 Å². The first kappa shape index (κ1) is 11.0. The highest BCUT2D eigenvalue weighted by atomic mass is 35.5. The van der Waals surface area contributed by atoms with Gasteiger partial charge in [-0.1, -0.05) is 23.7 Å². The Morgan fingerprint density at radius 1 is 1.25 bits per heavy atom. The molecule has 16 heavy (non-hydrogen) atoms. The molecule has 0 bridgehead atoms. The number of benzene rings is 1. The summed E-state index contributed by atoms with van der Waals surface area (Å²) in [7, 11) is 0. The van der Waals surface area contributed by atoms with E-state index in [-0.39, 0.29) is 24.9 Å². The van der Waals surface area contributed by atoms with E-state index in [4.69, 9.17) is 11.6 Å². The van der Waals surface area contributed by atoms with E-state index >= 15 is 0 Å². The van der Waals surface area contributed by atoms with Crippen LogP contribution < -0.4 is 10.2 Å². The smallest absolute Gasteiger partial charge is 0.246 e. The first-order valence-corrected chi connectivity index (χ1v) is 5.28. The molecule has 0 atom stereocenters. The van der Waals surface area contributed by atoms with E-state index in [2.05, 4.69) is 5.32 Å². The summed E-state index contributed by atoms with van der Waals surface area (Å²) in [4.78, 5) is 24.2. The summed E-state index contributed by atoms with van der Waals surface area (Å²) >= 11 is 6.07. The highest BCUT2D eigenvalue weighted by Gasteiger charge is 2.24. The minimum absolute atomic E-state index is 0.163. The summed E-state index contributed by atoms with van der Waals surface area (Å²) in [6.07, 6.45) is 0. The predicted molar refractivity (Wildman–Crippen MR) is 61.6 cm³/mol. The summed E-state index contributed by atoms with van der Waals surface area (Å²) in [5.74, 6) is -0.592. The van der Waals surface area contributed by atoms with E-state index in [1.165, 1.54) is 0 Å². The van der Waals surface area contributed by atoms with Crippen molar-refractivity contribution in [3.05, 3.63) is 28.8 Å². The van der Waals surface area contributed by atoms with E-state index in [9.17, 15) is 9.59 Å². The molecule has 0 aromatic heterocycles. The Kier molecular flexibility index (Phi) is 2.83. The van der Waals surface area contributed by atoms with Crippen molar-refractivity contribution >= 4 is 29.1 Å². The quantitative estimate of drug-likeness (QED) is 0.746. The Morgan fingerprint density at radius 2 is 1.88 bits per heavy atom. The molecule has 1 heterocycles. The van der Waals surface area contributed by atoms with Crippen molar-refractivity contribution < 1.29 is 9.59 Å². The molecule has 1 N–H and O–H groups in total. The fourth-order valence-electron chi connectivity index (χ4n) is 1.82. The molecule has 0 spiro atoms. The SMILES string of the molecule is Cc1cccc(Cl)c1N1CC(=O)NC(=O)C1. The molecule has 0 unspecified atom stereocenters. The number of amides is 2. The number of nitrogens with zero attached hydrogens (tertiary/aromatic N) is 1. The summed E-state index contributed by atoms with van der Waals surface area (Å²) in [5.41, 5.74) is 1.71. The van der Waals surface area contributed by atoms with Gasteiger partial charge in [-0.05, 0) is 18.6 Å². The second-order valence-electron chi connectivity index (χ2n) is 3.73. The van der Waals surface area contributed by atoms with E-state index in [1.54, 1.807) is 11.0 Å². The van der Waals surface area contributed by atoms with Crippen LogP contribution in [0.1, 0.15) is 5.56 Å². The molecular weight excluding hydrogens is 228 g/mol. The number of imide groups is 1. The third-order valence-electron chi connectivity index (χ3n) is 2.45. The summed E-state index contributed by atoms with van der Waals surface area (Å²) in [6.45, 7) is 2.23. The maximum Gasteiger partial charge on any atom is 0.246 e. The fourth-order valence-corrected chi connectivity index (χ4v) is 2.16. The minimum Gasteiger partial charge on any atom is -0.351 e. The minimum atomic E-state index is -0.296. The van der Waals surface area contributed by atoms with Gasteiger partial charge in [0.05, 0.1) is 23.8 Å². The van der Waals surface area contributed by atoms with Crippen LogP contribution in [0.4, 0.5) is 5.69 Å². The fraction of sp³-hybridized carbons (Fsp3) is 0.273. The van der Waals surface area contributed by atoms with Crippen molar-refractivity contribution in [2.24, 2.45) is 0 Å². The third kappa shape index (κ3) is 2.02. The van der Waals surface area contributed by atoms with Gasteiger partial charge >= 0.3 is 0 Å². The number of hydrogen-bond acceptors (Lipinski definition) is 3. The molecular formula is C11H11ClN2O2. The van der Waals surface area contributed by atoms with Crippen molar-refractivity contribution in [2.45, 2.75) is 6.92 Å². The molecule has 0 saturated carbocycles. The molecule has 4 nitrogen and oxygen atoms in total. The van der Waals surface area contributed by atoms with Crippen LogP contribution in [0, 0.1) is 6.92 Å². The highest BCUT2D eigenvalue weighted by Crippen LogP contribution is 2.29.